The highest BCUT2D eigenvalue weighted by atomic mass is 35.5. The third-order valence-electron chi connectivity index (χ3n) is 3.75. The molecule has 0 saturated heterocycles. The van der Waals surface area contributed by atoms with Gasteiger partial charge in [0.2, 0.25) is 5.91 Å². The number of nitrogens with one attached hydrogen (secondary N) is 1. The average Bonchev–Trinajstić information content (AvgIpc) is 2.42. The van der Waals surface area contributed by atoms with Crippen LogP contribution in [0, 0.1) is 0 Å². The largest absolute Gasteiger partial charge is 0.489 e. The predicted octanol–water partition coefficient (Wildman–Crippen LogP) is 3.73. The van der Waals surface area contributed by atoms with Crippen molar-refractivity contribution in [3.63, 3.8) is 0 Å². The molecule has 21 heavy (non-hydrogen) atoms. The Balaban J connectivity index is 2.05. The van der Waals surface area contributed by atoms with Crippen molar-refractivity contribution in [1.29, 1.82) is 0 Å². The van der Waals surface area contributed by atoms with E-state index in [0.29, 0.717) is 16.5 Å². The van der Waals surface area contributed by atoms with Gasteiger partial charge in [-0.1, -0.05) is 30.9 Å². The summed E-state index contributed by atoms with van der Waals surface area (Å²) in [6.07, 6.45) is 4.69. The lowest BCUT2D eigenvalue weighted by Gasteiger charge is -2.31. The molecule has 0 aromatic heterocycles. The molecule has 1 aromatic rings. The van der Waals surface area contributed by atoms with Gasteiger partial charge >= 0.3 is 0 Å². The number of amides is 1. The highest BCUT2D eigenvalue weighted by molar-refractivity contribution is 6.32. The monoisotopic (exact) mass is 310 g/mol. The number of hydrogen-bond donors (Lipinski definition) is 2. The van der Waals surface area contributed by atoms with Crippen LogP contribution in [0.15, 0.2) is 18.2 Å². The standard InChI is InChI=1S/C16H23ClN2O2/c1-11(2)21-14-7-6-12(10-13(14)17)19-15(20)16(18)8-4-3-5-9-16/h6-7,10-11H,3-5,8-9,18H2,1-2H3,(H,19,20). The highest BCUT2D eigenvalue weighted by Gasteiger charge is 2.35. The Bertz CT molecular complexity index is 511. The van der Waals surface area contributed by atoms with Crippen molar-refractivity contribution in [2.75, 3.05) is 5.32 Å². The van der Waals surface area contributed by atoms with Crippen molar-refractivity contribution >= 4 is 23.2 Å². The van der Waals surface area contributed by atoms with E-state index in [1.54, 1.807) is 18.2 Å². The Morgan fingerprint density at radius 1 is 1.33 bits per heavy atom. The molecule has 3 N–H and O–H groups in total. The molecule has 1 aliphatic rings. The van der Waals surface area contributed by atoms with Crippen LogP contribution in [0.25, 0.3) is 0 Å². The number of carbonyl (C=O) groups excluding carboxylic acids is 1. The molecule has 1 amide bonds. The summed E-state index contributed by atoms with van der Waals surface area (Å²) >= 11 is 6.17. The smallest absolute Gasteiger partial charge is 0.244 e. The Morgan fingerprint density at radius 2 is 2.00 bits per heavy atom. The number of hydrogen-bond acceptors (Lipinski definition) is 3. The maximum absolute atomic E-state index is 12.4. The van der Waals surface area contributed by atoms with Crippen LogP contribution in [-0.2, 0) is 4.79 Å². The number of nitrogens with two attached hydrogens (primary N) is 1. The van der Waals surface area contributed by atoms with E-state index in [4.69, 9.17) is 22.1 Å². The number of halogens is 1. The van der Waals surface area contributed by atoms with Crippen LogP contribution in [0.3, 0.4) is 0 Å². The second kappa shape index (κ2) is 6.67. The van der Waals surface area contributed by atoms with Crippen molar-refractivity contribution < 1.29 is 9.53 Å². The molecule has 0 radical (unpaired) electrons. The summed E-state index contributed by atoms with van der Waals surface area (Å²) in [7, 11) is 0. The van der Waals surface area contributed by atoms with E-state index in [0.717, 1.165) is 32.1 Å². The first-order chi connectivity index (χ1) is 9.90. The molecule has 2 rings (SSSR count). The molecule has 116 valence electrons. The molecule has 0 unspecified atom stereocenters. The fourth-order valence-electron chi connectivity index (χ4n) is 2.59. The predicted molar refractivity (Wildman–Crippen MR) is 85.8 cm³/mol. The molecule has 4 nitrogen and oxygen atoms in total. The van der Waals surface area contributed by atoms with Crippen LogP contribution in [-0.4, -0.2) is 17.6 Å². The van der Waals surface area contributed by atoms with Crippen LogP contribution in [0.2, 0.25) is 5.02 Å². The number of rotatable bonds is 4. The summed E-state index contributed by atoms with van der Waals surface area (Å²) in [5.74, 6) is 0.487. The third kappa shape index (κ3) is 4.11. The highest BCUT2D eigenvalue weighted by Crippen LogP contribution is 2.30. The fourth-order valence-corrected chi connectivity index (χ4v) is 2.82. The number of benzene rings is 1. The van der Waals surface area contributed by atoms with Gasteiger partial charge in [0.05, 0.1) is 16.7 Å². The second-order valence-electron chi connectivity index (χ2n) is 5.98. The van der Waals surface area contributed by atoms with E-state index in [1.165, 1.54) is 0 Å². The molecule has 5 heteroatoms. The van der Waals surface area contributed by atoms with Crippen molar-refractivity contribution in [3.05, 3.63) is 23.2 Å². The van der Waals surface area contributed by atoms with E-state index in [1.807, 2.05) is 13.8 Å². The zero-order chi connectivity index (χ0) is 15.5. The zero-order valence-corrected chi connectivity index (χ0v) is 13.4. The number of anilines is 1. The van der Waals surface area contributed by atoms with Gasteiger partial charge in [0.25, 0.3) is 0 Å². The SMILES string of the molecule is CC(C)Oc1ccc(NC(=O)C2(N)CCCCC2)cc1Cl. The Hall–Kier alpha value is -1.26. The van der Waals surface area contributed by atoms with Crippen LogP contribution < -0.4 is 15.8 Å². The van der Waals surface area contributed by atoms with Crippen LogP contribution in [0.5, 0.6) is 5.75 Å². The minimum absolute atomic E-state index is 0.0532. The van der Waals surface area contributed by atoms with Crippen molar-refractivity contribution in [2.45, 2.75) is 57.6 Å². The molecule has 0 atom stereocenters. The van der Waals surface area contributed by atoms with E-state index < -0.39 is 5.54 Å². The normalized spacial score (nSPS) is 17.6. The summed E-state index contributed by atoms with van der Waals surface area (Å²) in [5.41, 5.74) is 6.11. The summed E-state index contributed by atoms with van der Waals surface area (Å²) < 4.78 is 5.57. The maximum Gasteiger partial charge on any atom is 0.244 e. The van der Waals surface area contributed by atoms with Crippen LogP contribution >= 0.6 is 11.6 Å². The Labute approximate surface area is 131 Å². The van der Waals surface area contributed by atoms with Crippen molar-refractivity contribution in [2.24, 2.45) is 5.73 Å². The summed E-state index contributed by atoms with van der Waals surface area (Å²) in [6, 6.07) is 5.25. The Kier molecular flexibility index (Phi) is 5.12. The minimum atomic E-state index is -0.752. The molecule has 0 aliphatic heterocycles. The van der Waals surface area contributed by atoms with Gasteiger partial charge in [0.15, 0.2) is 0 Å². The lowest BCUT2D eigenvalue weighted by Crippen LogP contribution is -2.52. The third-order valence-corrected chi connectivity index (χ3v) is 4.05. The van der Waals surface area contributed by atoms with Gasteiger partial charge in [-0.25, -0.2) is 0 Å². The van der Waals surface area contributed by atoms with Gasteiger partial charge in [-0.05, 0) is 44.9 Å². The molecule has 0 heterocycles. The Morgan fingerprint density at radius 3 is 2.57 bits per heavy atom. The lowest BCUT2D eigenvalue weighted by atomic mass is 9.82. The van der Waals surface area contributed by atoms with Crippen LogP contribution in [0.4, 0.5) is 5.69 Å². The molecule has 1 aliphatic carbocycles. The van der Waals surface area contributed by atoms with Crippen LogP contribution in [0.1, 0.15) is 46.0 Å². The van der Waals surface area contributed by atoms with E-state index in [9.17, 15) is 4.79 Å². The van der Waals surface area contributed by atoms with Gasteiger partial charge < -0.3 is 15.8 Å². The van der Waals surface area contributed by atoms with Gasteiger partial charge in [-0.3, -0.25) is 4.79 Å². The van der Waals surface area contributed by atoms with E-state index >= 15 is 0 Å². The second-order valence-corrected chi connectivity index (χ2v) is 6.39. The topological polar surface area (TPSA) is 64.3 Å². The van der Waals surface area contributed by atoms with Gasteiger partial charge in [-0.2, -0.15) is 0 Å². The van der Waals surface area contributed by atoms with E-state index in [2.05, 4.69) is 5.32 Å². The van der Waals surface area contributed by atoms with Crippen molar-refractivity contribution in [1.82, 2.24) is 0 Å². The molecular formula is C16H23ClN2O2. The average molecular weight is 311 g/mol. The quantitative estimate of drug-likeness (QED) is 0.890. The maximum atomic E-state index is 12.4. The van der Waals surface area contributed by atoms with Gasteiger partial charge in [-0.15, -0.1) is 0 Å². The molecule has 1 fully saturated rings. The molecule has 1 aromatic carbocycles. The first kappa shape index (κ1) is 16.1. The van der Waals surface area contributed by atoms with E-state index in [-0.39, 0.29) is 12.0 Å². The van der Waals surface area contributed by atoms with Gasteiger partial charge in [0.1, 0.15) is 5.75 Å². The summed E-state index contributed by atoms with van der Waals surface area (Å²) in [5, 5.41) is 3.35. The fraction of sp³-hybridized carbons (Fsp3) is 0.562. The van der Waals surface area contributed by atoms with Gasteiger partial charge in [0, 0.05) is 5.69 Å². The lowest BCUT2D eigenvalue weighted by molar-refractivity contribution is -0.122. The molecular weight excluding hydrogens is 288 g/mol. The summed E-state index contributed by atoms with van der Waals surface area (Å²) in [4.78, 5) is 12.4. The molecule has 1 saturated carbocycles. The van der Waals surface area contributed by atoms with Crippen molar-refractivity contribution in [3.8, 4) is 5.75 Å². The number of carbonyl (C=O) groups is 1. The number of ether oxygens (including phenoxy) is 1. The molecule has 0 bridgehead atoms. The molecule has 0 spiro atoms. The summed E-state index contributed by atoms with van der Waals surface area (Å²) in [6.45, 7) is 3.88. The first-order valence-electron chi connectivity index (χ1n) is 7.47. The zero-order valence-electron chi connectivity index (χ0n) is 12.6. The minimum Gasteiger partial charge on any atom is -0.489 e. The first-order valence-corrected chi connectivity index (χ1v) is 7.85.